The number of hydrogen-bond acceptors (Lipinski definition) is 1. The zero-order valence-electron chi connectivity index (χ0n) is 9.37. The van der Waals surface area contributed by atoms with Crippen molar-refractivity contribution in [3.05, 3.63) is 54.1 Å². The van der Waals surface area contributed by atoms with Gasteiger partial charge in [0.1, 0.15) is 5.82 Å². The average molecular weight is 226 g/mol. The number of aromatic amines is 1. The number of fused-ring (bicyclic) bond motifs is 1. The molecule has 0 spiro atoms. The third kappa shape index (κ3) is 1.60. The van der Waals surface area contributed by atoms with Crippen LogP contribution in [0.3, 0.4) is 0 Å². The van der Waals surface area contributed by atoms with E-state index in [0.29, 0.717) is 0 Å². The van der Waals surface area contributed by atoms with Crippen LogP contribution in [0.1, 0.15) is 5.56 Å². The van der Waals surface area contributed by atoms with E-state index in [-0.39, 0.29) is 5.82 Å². The Labute approximate surface area is 98.1 Å². The first kappa shape index (κ1) is 10.0. The number of aromatic nitrogens is 2. The van der Waals surface area contributed by atoms with Gasteiger partial charge in [-0.25, -0.2) is 4.39 Å². The lowest BCUT2D eigenvalue weighted by atomic mass is 10.1. The summed E-state index contributed by atoms with van der Waals surface area (Å²) in [5, 5.41) is 1.05. The molecule has 0 aliphatic rings. The Bertz CT molecular complexity index is 671. The smallest absolute Gasteiger partial charge is 0.125 e. The van der Waals surface area contributed by atoms with Crippen molar-refractivity contribution in [2.75, 3.05) is 0 Å². The van der Waals surface area contributed by atoms with Crippen molar-refractivity contribution in [3.63, 3.8) is 0 Å². The number of nitrogens with zero attached hydrogens (tertiary/aromatic N) is 1. The van der Waals surface area contributed by atoms with E-state index in [9.17, 15) is 4.39 Å². The molecule has 0 bridgehead atoms. The summed E-state index contributed by atoms with van der Waals surface area (Å²) < 4.78 is 13.1. The lowest BCUT2D eigenvalue weighted by Gasteiger charge is -1.98. The maximum Gasteiger partial charge on any atom is 0.125 e. The number of rotatable bonds is 1. The average Bonchev–Trinajstić information content (AvgIpc) is 2.67. The summed E-state index contributed by atoms with van der Waals surface area (Å²) in [5.41, 5.74) is 3.95. The van der Waals surface area contributed by atoms with Gasteiger partial charge >= 0.3 is 0 Å². The van der Waals surface area contributed by atoms with Crippen LogP contribution in [0, 0.1) is 12.7 Å². The molecule has 0 saturated carbocycles. The Kier molecular flexibility index (Phi) is 2.18. The molecule has 0 saturated heterocycles. The molecule has 2 nitrogen and oxygen atoms in total. The Hall–Kier alpha value is -2.16. The van der Waals surface area contributed by atoms with Crippen molar-refractivity contribution >= 4 is 10.9 Å². The minimum atomic E-state index is -0.225. The fourth-order valence-electron chi connectivity index (χ4n) is 2.11. The minimum absolute atomic E-state index is 0.225. The molecule has 0 fully saturated rings. The Morgan fingerprint density at radius 1 is 1.24 bits per heavy atom. The van der Waals surface area contributed by atoms with E-state index in [1.165, 1.54) is 12.1 Å². The largest absolute Gasteiger partial charge is 0.354 e. The molecule has 3 aromatic rings. The standard InChI is InChI=1S/C14H11FN2/c1-9-12-5-4-11(15)7-13(12)17-14(9)10-3-2-6-16-8-10/h2-8,17H,1H3. The molecular formula is C14H11FN2. The normalized spacial score (nSPS) is 10.9. The molecule has 3 rings (SSSR count). The van der Waals surface area contributed by atoms with Gasteiger partial charge in [-0.15, -0.1) is 0 Å². The van der Waals surface area contributed by atoms with Crippen LogP contribution in [-0.4, -0.2) is 9.97 Å². The second-order valence-corrected chi connectivity index (χ2v) is 4.06. The number of hydrogen-bond donors (Lipinski definition) is 1. The highest BCUT2D eigenvalue weighted by molar-refractivity contribution is 5.90. The zero-order valence-corrected chi connectivity index (χ0v) is 9.37. The summed E-state index contributed by atoms with van der Waals surface area (Å²) in [4.78, 5) is 7.34. The van der Waals surface area contributed by atoms with Crippen molar-refractivity contribution in [1.29, 1.82) is 0 Å². The molecule has 1 aromatic carbocycles. The summed E-state index contributed by atoms with van der Waals surface area (Å²) in [6, 6.07) is 8.68. The summed E-state index contributed by atoms with van der Waals surface area (Å²) in [6.07, 6.45) is 3.54. The number of H-pyrrole nitrogens is 1. The van der Waals surface area contributed by atoms with Crippen LogP contribution in [0.2, 0.25) is 0 Å². The van der Waals surface area contributed by atoms with Crippen molar-refractivity contribution in [1.82, 2.24) is 9.97 Å². The van der Waals surface area contributed by atoms with Crippen LogP contribution >= 0.6 is 0 Å². The molecule has 3 heteroatoms. The quantitative estimate of drug-likeness (QED) is 0.673. The molecule has 0 atom stereocenters. The minimum Gasteiger partial charge on any atom is -0.354 e. The van der Waals surface area contributed by atoms with E-state index in [1.807, 2.05) is 19.1 Å². The first-order valence-corrected chi connectivity index (χ1v) is 5.44. The van der Waals surface area contributed by atoms with Gasteiger partial charge in [0.05, 0.1) is 5.69 Å². The molecule has 0 aliphatic carbocycles. The van der Waals surface area contributed by atoms with E-state index < -0.39 is 0 Å². The van der Waals surface area contributed by atoms with E-state index >= 15 is 0 Å². The summed E-state index contributed by atoms with van der Waals surface area (Å²) in [7, 11) is 0. The van der Waals surface area contributed by atoms with Gasteiger partial charge < -0.3 is 4.98 Å². The SMILES string of the molecule is Cc1c(-c2cccnc2)[nH]c2cc(F)ccc12. The van der Waals surface area contributed by atoms with Gasteiger partial charge in [-0.05, 0) is 42.8 Å². The van der Waals surface area contributed by atoms with E-state index in [2.05, 4.69) is 9.97 Å². The molecule has 0 aliphatic heterocycles. The number of nitrogens with one attached hydrogen (secondary N) is 1. The first-order valence-electron chi connectivity index (χ1n) is 5.44. The molecule has 0 amide bonds. The van der Waals surface area contributed by atoms with E-state index in [4.69, 9.17) is 0 Å². The second-order valence-electron chi connectivity index (χ2n) is 4.06. The van der Waals surface area contributed by atoms with Gasteiger partial charge in [-0.2, -0.15) is 0 Å². The third-order valence-electron chi connectivity index (χ3n) is 2.97. The van der Waals surface area contributed by atoms with E-state index in [0.717, 1.165) is 27.7 Å². The van der Waals surface area contributed by atoms with Crippen LogP contribution in [-0.2, 0) is 0 Å². The van der Waals surface area contributed by atoms with Gasteiger partial charge in [-0.3, -0.25) is 4.98 Å². The Balaban J connectivity index is 2.28. The lowest BCUT2D eigenvalue weighted by molar-refractivity contribution is 0.629. The van der Waals surface area contributed by atoms with Crippen LogP contribution in [0.5, 0.6) is 0 Å². The molecule has 2 heterocycles. The van der Waals surface area contributed by atoms with Crippen LogP contribution in [0.15, 0.2) is 42.7 Å². The summed E-state index contributed by atoms with van der Waals surface area (Å²) in [5.74, 6) is -0.225. The predicted octanol–water partition coefficient (Wildman–Crippen LogP) is 3.68. The van der Waals surface area contributed by atoms with Gasteiger partial charge in [-0.1, -0.05) is 0 Å². The molecular weight excluding hydrogens is 215 g/mol. The maximum atomic E-state index is 13.1. The Morgan fingerprint density at radius 3 is 2.88 bits per heavy atom. The lowest BCUT2D eigenvalue weighted by Crippen LogP contribution is -1.81. The number of aryl methyl sites for hydroxylation is 1. The topological polar surface area (TPSA) is 28.7 Å². The van der Waals surface area contributed by atoms with Gasteiger partial charge in [0, 0.05) is 28.9 Å². The van der Waals surface area contributed by atoms with Crippen molar-refractivity contribution < 1.29 is 4.39 Å². The van der Waals surface area contributed by atoms with Gasteiger partial charge in [0.25, 0.3) is 0 Å². The monoisotopic (exact) mass is 226 g/mol. The third-order valence-corrected chi connectivity index (χ3v) is 2.97. The molecule has 84 valence electrons. The molecule has 17 heavy (non-hydrogen) atoms. The van der Waals surface area contributed by atoms with E-state index in [1.54, 1.807) is 18.5 Å². The maximum absolute atomic E-state index is 13.1. The summed E-state index contributed by atoms with van der Waals surface area (Å²) in [6.45, 7) is 2.03. The zero-order chi connectivity index (χ0) is 11.8. The predicted molar refractivity (Wildman–Crippen MR) is 66.2 cm³/mol. The fraction of sp³-hybridized carbons (Fsp3) is 0.0714. The Morgan fingerprint density at radius 2 is 2.12 bits per heavy atom. The number of benzene rings is 1. The highest BCUT2D eigenvalue weighted by Gasteiger charge is 2.09. The van der Waals surface area contributed by atoms with Crippen LogP contribution in [0.4, 0.5) is 4.39 Å². The molecule has 0 radical (unpaired) electrons. The number of halogens is 1. The van der Waals surface area contributed by atoms with Gasteiger partial charge in [0.15, 0.2) is 0 Å². The van der Waals surface area contributed by atoms with Crippen LogP contribution < -0.4 is 0 Å². The second kappa shape index (κ2) is 3.70. The van der Waals surface area contributed by atoms with Gasteiger partial charge in [0.2, 0.25) is 0 Å². The summed E-state index contributed by atoms with van der Waals surface area (Å²) >= 11 is 0. The fourth-order valence-corrected chi connectivity index (χ4v) is 2.11. The number of pyridine rings is 1. The van der Waals surface area contributed by atoms with Crippen molar-refractivity contribution in [3.8, 4) is 11.3 Å². The van der Waals surface area contributed by atoms with Crippen molar-refractivity contribution in [2.45, 2.75) is 6.92 Å². The highest BCUT2D eigenvalue weighted by atomic mass is 19.1. The first-order chi connectivity index (χ1) is 8.25. The molecule has 0 unspecified atom stereocenters. The highest BCUT2D eigenvalue weighted by Crippen LogP contribution is 2.29. The molecule has 2 aromatic heterocycles. The molecule has 1 N–H and O–H groups in total. The van der Waals surface area contributed by atoms with Crippen molar-refractivity contribution in [2.24, 2.45) is 0 Å². The van der Waals surface area contributed by atoms with Crippen LogP contribution in [0.25, 0.3) is 22.2 Å².